The van der Waals surface area contributed by atoms with Gasteiger partial charge in [0.05, 0.1) is 18.8 Å². The Labute approximate surface area is 107 Å². The van der Waals surface area contributed by atoms with Crippen LogP contribution in [0, 0.1) is 0 Å². The van der Waals surface area contributed by atoms with Crippen LogP contribution in [0.4, 0.5) is 13.2 Å². The summed E-state index contributed by atoms with van der Waals surface area (Å²) in [5.74, 6) is 0. The maximum atomic E-state index is 12.4. The third-order valence-corrected chi connectivity index (χ3v) is 2.88. The monoisotopic (exact) mass is 278 g/mol. The topological polar surface area (TPSA) is 58.9 Å². The second kappa shape index (κ2) is 5.46. The lowest BCUT2D eigenvalue weighted by molar-refractivity contribution is -0.137. The van der Waals surface area contributed by atoms with E-state index < -0.39 is 30.2 Å². The smallest absolute Gasteiger partial charge is 0.394 e. The summed E-state index contributed by atoms with van der Waals surface area (Å²) >= 11 is 0. The lowest BCUT2D eigenvalue weighted by Crippen LogP contribution is -2.29. The molecule has 0 aromatic heterocycles. The quantitative estimate of drug-likeness (QED) is 0.879. The summed E-state index contributed by atoms with van der Waals surface area (Å²) in [4.78, 5) is 0. The van der Waals surface area contributed by atoms with Crippen LogP contribution in [0.3, 0.4) is 0 Å². The van der Waals surface area contributed by atoms with Gasteiger partial charge in [-0.15, -0.1) is 0 Å². The lowest BCUT2D eigenvalue weighted by atomic mass is 10.1. The van der Waals surface area contributed by atoms with Crippen molar-refractivity contribution in [3.05, 3.63) is 35.4 Å². The number of hydrogen-bond acceptors (Lipinski definition) is 4. The molecule has 2 unspecified atom stereocenters. The van der Waals surface area contributed by atoms with Gasteiger partial charge in [-0.25, -0.2) is 0 Å². The van der Waals surface area contributed by atoms with Crippen LogP contribution in [-0.2, 0) is 15.7 Å². The van der Waals surface area contributed by atoms with Gasteiger partial charge in [-0.1, -0.05) is 12.1 Å². The number of aliphatic hydroxyl groups is 2. The third kappa shape index (κ3) is 3.06. The Balaban J connectivity index is 2.11. The molecular formula is C12H13F3O4. The van der Waals surface area contributed by atoms with E-state index in [1.165, 1.54) is 12.1 Å². The highest BCUT2D eigenvalue weighted by atomic mass is 19.4. The molecular weight excluding hydrogens is 265 g/mol. The van der Waals surface area contributed by atoms with Crippen molar-refractivity contribution in [2.24, 2.45) is 0 Å². The first-order valence-corrected chi connectivity index (χ1v) is 5.65. The fourth-order valence-electron chi connectivity index (χ4n) is 1.83. The maximum Gasteiger partial charge on any atom is 0.416 e. The zero-order valence-corrected chi connectivity index (χ0v) is 9.80. The van der Waals surface area contributed by atoms with Gasteiger partial charge in [-0.3, -0.25) is 0 Å². The minimum Gasteiger partial charge on any atom is -0.394 e. The van der Waals surface area contributed by atoms with Gasteiger partial charge in [-0.2, -0.15) is 13.2 Å². The summed E-state index contributed by atoms with van der Waals surface area (Å²) in [5, 5.41) is 18.0. The molecule has 4 nitrogen and oxygen atoms in total. The van der Waals surface area contributed by atoms with Crippen molar-refractivity contribution in [3.8, 4) is 0 Å². The van der Waals surface area contributed by atoms with Crippen molar-refractivity contribution >= 4 is 0 Å². The lowest BCUT2D eigenvalue weighted by Gasteiger charge is -2.12. The normalized spacial score (nSPS) is 27.7. The van der Waals surface area contributed by atoms with E-state index in [0.29, 0.717) is 5.56 Å². The highest BCUT2D eigenvalue weighted by Gasteiger charge is 2.36. The van der Waals surface area contributed by atoms with Crippen LogP contribution in [0.15, 0.2) is 24.3 Å². The molecule has 0 spiro atoms. The van der Waals surface area contributed by atoms with Crippen molar-refractivity contribution in [1.29, 1.82) is 0 Å². The number of hydrogen-bond donors (Lipinski definition) is 2. The molecule has 0 bridgehead atoms. The Morgan fingerprint density at radius 3 is 1.79 bits per heavy atom. The van der Waals surface area contributed by atoms with Gasteiger partial charge < -0.3 is 19.7 Å². The van der Waals surface area contributed by atoms with Gasteiger partial charge in [0.25, 0.3) is 0 Å². The molecule has 0 saturated carbocycles. The molecule has 1 aliphatic heterocycles. The molecule has 19 heavy (non-hydrogen) atoms. The molecule has 1 aliphatic rings. The summed E-state index contributed by atoms with van der Waals surface area (Å²) < 4.78 is 47.8. The highest BCUT2D eigenvalue weighted by Crippen LogP contribution is 2.34. The molecule has 1 heterocycles. The number of benzene rings is 1. The van der Waals surface area contributed by atoms with E-state index in [1.807, 2.05) is 0 Å². The summed E-state index contributed by atoms with van der Waals surface area (Å²) in [5.41, 5.74) is -0.353. The van der Waals surface area contributed by atoms with Crippen molar-refractivity contribution in [1.82, 2.24) is 0 Å². The Kier molecular flexibility index (Phi) is 4.10. The molecule has 7 heteroatoms. The van der Waals surface area contributed by atoms with E-state index in [9.17, 15) is 13.2 Å². The Bertz CT molecular complexity index is 406. The number of alkyl halides is 3. The van der Waals surface area contributed by atoms with E-state index in [2.05, 4.69) is 0 Å². The fourth-order valence-corrected chi connectivity index (χ4v) is 1.83. The van der Waals surface area contributed by atoms with Gasteiger partial charge in [0.15, 0.2) is 6.29 Å². The van der Waals surface area contributed by atoms with E-state index in [-0.39, 0.29) is 13.2 Å². The van der Waals surface area contributed by atoms with Gasteiger partial charge in [0.1, 0.15) is 12.2 Å². The predicted molar refractivity (Wildman–Crippen MR) is 58.1 cm³/mol. The second-order valence-corrected chi connectivity index (χ2v) is 4.17. The largest absolute Gasteiger partial charge is 0.416 e. The van der Waals surface area contributed by atoms with Gasteiger partial charge in [-0.05, 0) is 12.1 Å². The third-order valence-electron chi connectivity index (χ3n) is 2.88. The molecule has 1 aromatic rings. The Hall–Kier alpha value is -1.15. The van der Waals surface area contributed by atoms with Crippen LogP contribution >= 0.6 is 0 Å². The molecule has 0 amide bonds. The first kappa shape index (κ1) is 14.3. The van der Waals surface area contributed by atoms with Crippen LogP contribution in [0.5, 0.6) is 0 Å². The number of aliphatic hydroxyl groups excluding tert-OH is 2. The standard InChI is InChI=1S/C12H13F3O4/c13-12(14,15)8-3-1-7(2-4-8)11-18-9(5-16)10(6-17)19-11/h1-4,9-11,16-17H,5-6H2. The average molecular weight is 278 g/mol. The summed E-state index contributed by atoms with van der Waals surface area (Å²) in [6, 6.07) is 4.37. The number of rotatable bonds is 3. The summed E-state index contributed by atoms with van der Waals surface area (Å²) in [7, 11) is 0. The Morgan fingerprint density at radius 2 is 1.42 bits per heavy atom. The van der Waals surface area contributed by atoms with Crippen LogP contribution in [0.25, 0.3) is 0 Å². The highest BCUT2D eigenvalue weighted by molar-refractivity contribution is 5.25. The SMILES string of the molecule is OCC1OC(c2ccc(C(F)(F)F)cc2)OC1CO. The summed E-state index contributed by atoms with van der Waals surface area (Å²) in [6.07, 6.45) is -6.64. The van der Waals surface area contributed by atoms with Crippen molar-refractivity contribution < 1.29 is 32.9 Å². The average Bonchev–Trinajstić information content (AvgIpc) is 2.81. The molecule has 106 valence electrons. The van der Waals surface area contributed by atoms with Gasteiger partial charge in [0.2, 0.25) is 0 Å². The van der Waals surface area contributed by atoms with Crippen LogP contribution in [0.1, 0.15) is 17.4 Å². The first-order valence-electron chi connectivity index (χ1n) is 5.65. The molecule has 1 fully saturated rings. The van der Waals surface area contributed by atoms with Crippen molar-refractivity contribution in [2.45, 2.75) is 24.7 Å². The van der Waals surface area contributed by atoms with Crippen molar-refractivity contribution in [3.63, 3.8) is 0 Å². The molecule has 2 N–H and O–H groups in total. The van der Waals surface area contributed by atoms with Gasteiger partial charge >= 0.3 is 6.18 Å². The van der Waals surface area contributed by atoms with Gasteiger partial charge in [0, 0.05) is 5.56 Å². The Morgan fingerprint density at radius 1 is 0.947 bits per heavy atom. The fraction of sp³-hybridized carbons (Fsp3) is 0.500. The van der Waals surface area contributed by atoms with E-state index in [1.54, 1.807) is 0 Å². The second-order valence-electron chi connectivity index (χ2n) is 4.17. The molecule has 1 aromatic carbocycles. The van der Waals surface area contributed by atoms with Crippen LogP contribution < -0.4 is 0 Å². The molecule has 2 atom stereocenters. The number of halogens is 3. The number of ether oxygens (including phenoxy) is 2. The zero-order chi connectivity index (χ0) is 14.0. The molecule has 2 rings (SSSR count). The van der Waals surface area contributed by atoms with Crippen molar-refractivity contribution in [2.75, 3.05) is 13.2 Å². The molecule has 0 aliphatic carbocycles. The molecule has 1 saturated heterocycles. The van der Waals surface area contributed by atoms with Crippen LogP contribution in [-0.4, -0.2) is 35.6 Å². The minimum atomic E-state index is -4.39. The predicted octanol–water partition coefficient (Wildman–Crippen LogP) is 1.47. The zero-order valence-electron chi connectivity index (χ0n) is 9.80. The maximum absolute atomic E-state index is 12.4. The van der Waals surface area contributed by atoms with Crippen LogP contribution in [0.2, 0.25) is 0 Å². The van der Waals surface area contributed by atoms with E-state index >= 15 is 0 Å². The molecule has 0 radical (unpaired) electrons. The van der Waals surface area contributed by atoms with E-state index in [0.717, 1.165) is 12.1 Å². The summed E-state index contributed by atoms with van der Waals surface area (Å²) in [6.45, 7) is -0.662. The van der Waals surface area contributed by atoms with E-state index in [4.69, 9.17) is 19.7 Å². The first-order chi connectivity index (χ1) is 8.95. The minimum absolute atomic E-state index is 0.331.